The van der Waals surface area contributed by atoms with Gasteiger partial charge >= 0.3 is 0 Å². The number of hydrogen-bond acceptors (Lipinski definition) is 8. The van der Waals surface area contributed by atoms with Gasteiger partial charge in [-0.2, -0.15) is 10.1 Å². The average molecular weight is 484 g/mol. The van der Waals surface area contributed by atoms with E-state index in [9.17, 15) is 0 Å². The third kappa shape index (κ3) is 3.70. The number of rotatable bonds is 4. The lowest BCUT2D eigenvalue weighted by Gasteiger charge is -2.18. The molecule has 1 aromatic carbocycles. The van der Waals surface area contributed by atoms with Gasteiger partial charge in [-0.25, -0.2) is 9.67 Å². The van der Waals surface area contributed by atoms with E-state index in [-0.39, 0.29) is 11.6 Å². The summed E-state index contributed by atoms with van der Waals surface area (Å²) < 4.78 is 2.49. The molecular weight excluding hydrogens is 464 g/mol. The SMILES string of the molecule is Cc1nnc(-c2[c]cc(-n3nc(Br)c4cnc(N[C@@H]5CC[C@@](C)(N)C5)nc43)cc2)s1. The molecule has 8 nitrogen and oxygen atoms in total. The number of benzene rings is 1. The maximum absolute atomic E-state index is 6.26. The molecule has 0 aliphatic heterocycles. The molecule has 1 radical (unpaired) electrons. The molecule has 0 spiro atoms. The molecule has 2 atom stereocenters. The van der Waals surface area contributed by atoms with Crippen molar-refractivity contribution in [3.63, 3.8) is 0 Å². The minimum Gasteiger partial charge on any atom is -0.351 e. The monoisotopic (exact) mass is 483 g/mol. The number of aryl methyl sites for hydroxylation is 1. The van der Waals surface area contributed by atoms with Crippen LogP contribution in [0.25, 0.3) is 27.3 Å². The molecule has 0 bridgehead atoms. The summed E-state index contributed by atoms with van der Waals surface area (Å²) in [5.41, 5.74) is 8.62. The lowest BCUT2D eigenvalue weighted by molar-refractivity contribution is 0.482. The molecule has 153 valence electrons. The third-order valence-electron chi connectivity index (χ3n) is 5.29. The molecule has 1 aliphatic rings. The van der Waals surface area contributed by atoms with Crippen molar-refractivity contribution < 1.29 is 0 Å². The van der Waals surface area contributed by atoms with E-state index in [2.05, 4.69) is 54.5 Å². The number of nitrogens with zero attached hydrogens (tertiary/aromatic N) is 6. The van der Waals surface area contributed by atoms with Crippen molar-refractivity contribution in [2.45, 2.75) is 44.7 Å². The molecule has 1 saturated carbocycles. The van der Waals surface area contributed by atoms with Crippen LogP contribution in [0.2, 0.25) is 0 Å². The number of fused-ring (bicyclic) bond motifs is 1. The van der Waals surface area contributed by atoms with Gasteiger partial charge in [0.1, 0.15) is 14.6 Å². The molecule has 3 N–H and O–H groups in total. The zero-order chi connectivity index (χ0) is 20.9. The molecule has 0 unspecified atom stereocenters. The van der Waals surface area contributed by atoms with Crippen LogP contribution in [0.1, 0.15) is 31.2 Å². The van der Waals surface area contributed by atoms with Gasteiger partial charge in [0.2, 0.25) is 5.95 Å². The van der Waals surface area contributed by atoms with Crippen molar-refractivity contribution in [1.29, 1.82) is 0 Å². The molecule has 4 aromatic rings. The van der Waals surface area contributed by atoms with Crippen LogP contribution < -0.4 is 11.1 Å². The Kier molecular flexibility index (Phi) is 4.79. The lowest BCUT2D eigenvalue weighted by Crippen LogP contribution is -2.34. The Bertz CT molecular complexity index is 1210. The fraction of sp³-hybridized carbons (Fsp3) is 0.350. The number of halogens is 1. The Morgan fingerprint density at radius 3 is 2.90 bits per heavy atom. The van der Waals surface area contributed by atoms with Gasteiger partial charge < -0.3 is 11.1 Å². The molecule has 1 aliphatic carbocycles. The smallest absolute Gasteiger partial charge is 0.224 e. The van der Waals surface area contributed by atoms with Gasteiger partial charge in [0.15, 0.2) is 5.65 Å². The topological polar surface area (TPSA) is 107 Å². The minimum absolute atomic E-state index is 0.129. The highest BCUT2D eigenvalue weighted by molar-refractivity contribution is 9.10. The number of nitrogens with two attached hydrogens (primary N) is 1. The summed E-state index contributed by atoms with van der Waals surface area (Å²) in [6.45, 7) is 4.03. The van der Waals surface area contributed by atoms with Crippen LogP contribution in [0.5, 0.6) is 0 Å². The molecular formula is C20H20BrN8S. The van der Waals surface area contributed by atoms with E-state index in [1.165, 1.54) is 0 Å². The Labute approximate surface area is 186 Å². The van der Waals surface area contributed by atoms with Crippen molar-refractivity contribution in [2.24, 2.45) is 5.73 Å². The van der Waals surface area contributed by atoms with E-state index >= 15 is 0 Å². The second-order valence-corrected chi connectivity index (χ2v) is 9.89. The summed E-state index contributed by atoms with van der Waals surface area (Å²) in [6, 6.07) is 9.39. The normalized spacial score (nSPS) is 21.4. The summed E-state index contributed by atoms with van der Waals surface area (Å²) in [4.78, 5) is 9.21. The van der Waals surface area contributed by atoms with Crippen LogP contribution in [0.15, 0.2) is 29.0 Å². The highest BCUT2D eigenvalue weighted by atomic mass is 79.9. The maximum Gasteiger partial charge on any atom is 0.224 e. The summed E-state index contributed by atoms with van der Waals surface area (Å²) in [5, 5.41) is 18.9. The van der Waals surface area contributed by atoms with Crippen LogP contribution in [-0.4, -0.2) is 41.5 Å². The largest absolute Gasteiger partial charge is 0.351 e. The van der Waals surface area contributed by atoms with Crippen molar-refractivity contribution in [2.75, 3.05) is 5.32 Å². The van der Waals surface area contributed by atoms with Crippen LogP contribution in [0.3, 0.4) is 0 Å². The van der Waals surface area contributed by atoms with Crippen molar-refractivity contribution >= 4 is 44.2 Å². The van der Waals surface area contributed by atoms with E-state index in [0.29, 0.717) is 10.6 Å². The Morgan fingerprint density at radius 1 is 1.37 bits per heavy atom. The lowest BCUT2D eigenvalue weighted by atomic mass is 10.0. The summed E-state index contributed by atoms with van der Waals surface area (Å²) in [5.74, 6) is 0.587. The molecule has 1 fully saturated rings. The minimum atomic E-state index is -0.129. The first kappa shape index (κ1) is 19.5. The molecule has 3 aromatic heterocycles. The van der Waals surface area contributed by atoms with Crippen molar-refractivity contribution in [3.8, 4) is 16.3 Å². The highest BCUT2D eigenvalue weighted by Crippen LogP contribution is 2.30. The standard InChI is InChI=1S/C20H20BrN8S/c1-11-26-27-18(30-11)12-3-5-14(6-4-12)29-17-15(16(21)28-29)10-23-19(25-17)24-13-7-8-20(2,22)9-13/h3,5-6,10,13H,7-9,22H2,1-2H3,(H,23,24,25)/t13-,20-/m1/s1. The van der Waals surface area contributed by atoms with Crippen molar-refractivity contribution in [1.82, 2.24) is 29.9 Å². The van der Waals surface area contributed by atoms with Gasteiger partial charge in [-0.05, 0) is 73.3 Å². The molecule has 10 heteroatoms. The van der Waals surface area contributed by atoms with Crippen LogP contribution in [0.4, 0.5) is 5.95 Å². The number of nitrogens with one attached hydrogen (secondary N) is 1. The molecule has 5 rings (SSSR count). The van der Waals surface area contributed by atoms with Crippen LogP contribution in [-0.2, 0) is 0 Å². The van der Waals surface area contributed by atoms with E-state index in [4.69, 9.17) is 10.7 Å². The summed E-state index contributed by atoms with van der Waals surface area (Å²) >= 11 is 5.07. The Balaban J connectivity index is 1.46. The zero-order valence-electron chi connectivity index (χ0n) is 16.6. The first-order valence-electron chi connectivity index (χ1n) is 9.67. The van der Waals surface area contributed by atoms with Gasteiger partial charge in [-0.1, -0.05) is 11.3 Å². The number of hydrogen-bond donors (Lipinski definition) is 2. The number of aromatic nitrogens is 6. The third-order valence-corrected chi connectivity index (χ3v) is 6.74. The van der Waals surface area contributed by atoms with Gasteiger partial charge in [0.05, 0.1) is 11.1 Å². The Hall–Kier alpha value is -2.43. The Morgan fingerprint density at radius 2 is 2.23 bits per heavy atom. The highest BCUT2D eigenvalue weighted by Gasteiger charge is 2.31. The van der Waals surface area contributed by atoms with Crippen molar-refractivity contribution in [3.05, 3.63) is 40.1 Å². The van der Waals surface area contributed by atoms with E-state index in [1.54, 1.807) is 22.2 Å². The van der Waals surface area contributed by atoms with E-state index in [0.717, 1.165) is 51.6 Å². The average Bonchev–Trinajstić information content (AvgIpc) is 3.39. The first-order chi connectivity index (χ1) is 14.4. The molecule has 0 saturated heterocycles. The fourth-order valence-corrected chi connectivity index (χ4v) is 4.90. The molecule has 3 heterocycles. The van der Waals surface area contributed by atoms with Gasteiger partial charge in [-0.15, -0.1) is 10.2 Å². The van der Waals surface area contributed by atoms with E-state index in [1.807, 2.05) is 25.1 Å². The summed E-state index contributed by atoms with van der Waals surface area (Å²) in [6.07, 6.45) is 4.70. The molecule has 0 amide bonds. The fourth-order valence-electron chi connectivity index (χ4n) is 3.78. The molecule has 30 heavy (non-hydrogen) atoms. The second kappa shape index (κ2) is 7.36. The van der Waals surface area contributed by atoms with Gasteiger partial charge in [0.25, 0.3) is 0 Å². The van der Waals surface area contributed by atoms with Crippen LogP contribution in [0, 0.1) is 13.0 Å². The maximum atomic E-state index is 6.26. The zero-order valence-corrected chi connectivity index (χ0v) is 19.0. The predicted molar refractivity (Wildman–Crippen MR) is 121 cm³/mol. The van der Waals surface area contributed by atoms with Gasteiger partial charge in [0, 0.05) is 23.3 Å². The van der Waals surface area contributed by atoms with E-state index < -0.39 is 0 Å². The quantitative estimate of drug-likeness (QED) is 0.453. The second-order valence-electron chi connectivity index (χ2n) is 7.96. The summed E-state index contributed by atoms with van der Waals surface area (Å²) in [7, 11) is 0. The van der Waals surface area contributed by atoms with Gasteiger partial charge in [-0.3, -0.25) is 0 Å². The predicted octanol–water partition coefficient (Wildman–Crippen LogP) is 3.89. The van der Waals surface area contributed by atoms with Crippen LogP contribution >= 0.6 is 27.3 Å². The first-order valence-corrected chi connectivity index (χ1v) is 11.3. The number of anilines is 1.